The molecule has 0 radical (unpaired) electrons. The number of aliphatic hydroxyl groups excluding tert-OH is 1. The highest BCUT2D eigenvalue weighted by Crippen LogP contribution is 2.43. The average Bonchev–Trinajstić information content (AvgIpc) is 3.09. The first-order valence-electron chi connectivity index (χ1n) is 9.93. The van der Waals surface area contributed by atoms with Crippen LogP contribution in [0.4, 0.5) is 10.1 Å². The van der Waals surface area contributed by atoms with Gasteiger partial charge in [-0.2, -0.15) is 0 Å². The Morgan fingerprint density at radius 3 is 2.21 bits per heavy atom. The predicted octanol–water partition coefficient (Wildman–Crippen LogP) is 4.17. The van der Waals surface area contributed by atoms with Crippen molar-refractivity contribution in [3.8, 4) is 17.2 Å². The highest BCUT2D eigenvalue weighted by Gasteiger charge is 2.47. The van der Waals surface area contributed by atoms with E-state index in [0.717, 1.165) is 12.1 Å². The number of hydrogen-bond donors (Lipinski definition) is 2. The molecular weight excluding hydrogens is 429 g/mol. The summed E-state index contributed by atoms with van der Waals surface area (Å²) in [5, 5.41) is 20.9. The third kappa shape index (κ3) is 3.87. The van der Waals surface area contributed by atoms with E-state index in [1.54, 1.807) is 36.4 Å². The van der Waals surface area contributed by atoms with Gasteiger partial charge in [-0.3, -0.25) is 14.5 Å². The molecule has 168 valence electrons. The summed E-state index contributed by atoms with van der Waals surface area (Å²) in [6.45, 7) is 0. The zero-order valence-electron chi connectivity index (χ0n) is 17.8. The van der Waals surface area contributed by atoms with Crippen LogP contribution in [-0.2, 0) is 9.59 Å². The minimum Gasteiger partial charge on any atom is -0.508 e. The van der Waals surface area contributed by atoms with Crippen LogP contribution in [0.5, 0.6) is 17.2 Å². The number of anilines is 1. The van der Waals surface area contributed by atoms with E-state index in [1.807, 2.05) is 0 Å². The molecule has 0 saturated carbocycles. The van der Waals surface area contributed by atoms with Crippen LogP contribution < -0.4 is 14.4 Å². The summed E-state index contributed by atoms with van der Waals surface area (Å²) in [5.41, 5.74) is 0.556. The van der Waals surface area contributed by atoms with E-state index in [2.05, 4.69) is 0 Å². The minimum atomic E-state index is -1.04. The number of aliphatic hydroxyl groups is 1. The van der Waals surface area contributed by atoms with Gasteiger partial charge in [-0.15, -0.1) is 0 Å². The van der Waals surface area contributed by atoms with E-state index in [4.69, 9.17) is 9.47 Å². The molecule has 1 unspecified atom stereocenters. The van der Waals surface area contributed by atoms with E-state index >= 15 is 0 Å². The van der Waals surface area contributed by atoms with E-state index in [1.165, 1.54) is 37.3 Å². The summed E-state index contributed by atoms with van der Waals surface area (Å²) in [4.78, 5) is 27.5. The number of halogens is 1. The summed E-state index contributed by atoms with van der Waals surface area (Å²) in [6, 6.07) is 14.9. The summed E-state index contributed by atoms with van der Waals surface area (Å²) < 4.78 is 24.4. The number of carbonyl (C=O) groups is 2. The van der Waals surface area contributed by atoms with Crippen LogP contribution in [0.2, 0.25) is 0 Å². The van der Waals surface area contributed by atoms with Crippen molar-refractivity contribution in [1.82, 2.24) is 0 Å². The molecule has 1 aliphatic rings. The number of nitrogens with zero attached hydrogens (tertiary/aromatic N) is 1. The number of ether oxygens (including phenoxy) is 2. The van der Waals surface area contributed by atoms with E-state index in [0.29, 0.717) is 17.0 Å². The van der Waals surface area contributed by atoms with Crippen LogP contribution in [0.1, 0.15) is 17.2 Å². The van der Waals surface area contributed by atoms with Gasteiger partial charge in [0.05, 0.1) is 31.4 Å². The highest BCUT2D eigenvalue weighted by molar-refractivity contribution is 6.51. The molecule has 1 heterocycles. The molecule has 0 aliphatic carbocycles. The number of carbonyl (C=O) groups excluding carboxylic acids is 2. The standard InChI is InChI=1S/C25H20FNO6/c1-32-18-10-6-16(7-11-18)27-22(14-3-8-17(28)9-4-14)21(24(30)25(27)31)23(29)19-13-15(26)5-12-20(19)33-2/h3-13,22,28-29H,1-2H3/b23-21+. The molecular formula is C25H20FNO6. The lowest BCUT2D eigenvalue weighted by Crippen LogP contribution is -2.29. The fraction of sp³-hybridized carbons (Fsp3) is 0.120. The van der Waals surface area contributed by atoms with Crippen LogP contribution in [0.15, 0.2) is 72.3 Å². The van der Waals surface area contributed by atoms with Crippen molar-refractivity contribution in [2.24, 2.45) is 0 Å². The zero-order chi connectivity index (χ0) is 23.7. The summed E-state index contributed by atoms with van der Waals surface area (Å²) in [6.07, 6.45) is 0. The first-order chi connectivity index (χ1) is 15.8. The van der Waals surface area contributed by atoms with Crippen LogP contribution >= 0.6 is 0 Å². The molecule has 0 aromatic heterocycles. The fourth-order valence-corrected chi connectivity index (χ4v) is 3.82. The maximum atomic E-state index is 14.0. The SMILES string of the molecule is COc1ccc(N2C(=O)C(=O)/C(=C(/O)c3cc(F)ccc3OC)C2c2ccc(O)cc2)cc1. The molecule has 8 heteroatoms. The Bertz CT molecular complexity index is 1250. The summed E-state index contributed by atoms with van der Waals surface area (Å²) in [7, 11) is 2.85. The number of phenolic OH excluding ortho intramolecular Hbond substituents is 1. The predicted molar refractivity (Wildman–Crippen MR) is 119 cm³/mol. The van der Waals surface area contributed by atoms with Gasteiger partial charge in [-0.1, -0.05) is 12.1 Å². The summed E-state index contributed by atoms with van der Waals surface area (Å²) >= 11 is 0. The third-order valence-corrected chi connectivity index (χ3v) is 5.42. The van der Waals surface area contributed by atoms with Crippen molar-refractivity contribution in [2.45, 2.75) is 6.04 Å². The van der Waals surface area contributed by atoms with Gasteiger partial charge < -0.3 is 19.7 Å². The van der Waals surface area contributed by atoms with Gasteiger partial charge in [-0.25, -0.2) is 4.39 Å². The molecule has 7 nitrogen and oxygen atoms in total. The van der Waals surface area contributed by atoms with Gasteiger partial charge in [-0.05, 0) is 60.2 Å². The lowest BCUT2D eigenvalue weighted by Gasteiger charge is -2.25. The van der Waals surface area contributed by atoms with Gasteiger partial charge in [0, 0.05) is 5.69 Å². The molecule has 0 bridgehead atoms. The number of phenols is 1. The Morgan fingerprint density at radius 2 is 1.61 bits per heavy atom. The number of rotatable bonds is 5. The Morgan fingerprint density at radius 1 is 0.939 bits per heavy atom. The molecule has 1 fully saturated rings. The monoisotopic (exact) mass is 449 g/mol. The van der Waals surface area contributed by atoms with Crippen LogP contribution in [0.3, 0.4) is 0 Å². The van der Waals surface area contributed by atoms with E-state index in [9.17, 15) is 24.2 Å². The van der Waals surface area contributed by atoms with Gasteiger partial charge in [0.15, 0.2) is 0 Å². The van der Waals surface area contributed by atoms with Crippen LogP contribution in [-0.4, -0.2) is 36.1 Å². The van der Waals surface area contributed by atoms with Crippen LogP contribution in [0, 0.1) is 5.82 Å². The van der Waals surface area contributed by atoms with Crippen molar-refractivity contribution >= 4 is 23.1 Å². The molecule has 0 spiro atoms. The maximum absolute atomic E-state index is 14.0. The van der Waals surface area contributed by atoms with Gasteiger partial charge in [0.1, 0.15) is 28.8 Å². The lowest BCUT2D eigenvalue weighted by atomic mass is 9.94. The second-order valence-electron chi connectivity index (χ2n) is 7.30. The molecule has 1 atom stereocenters. The van der Waals surface area contributed by atoms with E-state index in [-0.39, 0.29) is 22.6 Å². The van der Waals surface area contributed by atoms with E-state index < -0.39 is 29.3 Å². The topological polar surface area (TPSA) is 96.3 Å². The van der Waals surface area contributed by atoms with Gasteiger partial charge in [0.25, 0.3) is 11.7 Å². The van der Waals surface area contributed by atoms with Crippen molar-refractivity contribution < 1.29 is 33.7 Å². The van der Waals surface area contributed by atoms with Gasteiger partial charge >= 0.3 is 0 Å². The lowest BCUT2D eigenvalue weighted by molar-refractivity contribution is -0.132. The zero-order valence-corrected chi connectivity index (χ0v) is 17.8. The Kier molecular flexibility index (Phi) is 5.74. The highest BCUT2D eigenvalue weighted by atomic mass is 19.1. The van der Waals surface area contributed by atoms with Crippen molar-refractivity contribution in [1.29, 1.82) is 0 Å². The normalized spacial score (nSPS) is 17.3. The Balaban J connectivity index is 1.96. The molecule has 3 aromatic carbocycles. The second kappa shape index (κ2) is 8.66. The van der Waals surface area contributed by atoms with Gasteiger partial charge in [0.2, 0.25) is 0 Å². The Labute approximate surface area is 188 Å². The number of benzene rings is 3. The molecule has 4 rings (SSSR count). The first kappa shape index (κ1) is 21.9. The molecule has 3 aromatic rings. The smallest absolute Gasteiger partial charge is 0.300 e. The number of ketones is 1. The van der Waals surface area contributed by atoms with Crippen LogP contribution in [0.25, 0.3) is 5.76 Å². The maximum Gasteiger partial charge on any atom is 0.300 e. The van der Waals surface area contributed by atoms with Crippen molar-refractivity contribution in [2.75, 3.05) is 19.1 Å². The molecule has 1 saturated heterocycles. The number of aromatic hydroxyl groups is 1. The number of amides is 1. The fourth-order valence-electron chi connectivity index (χ4n) is 3.82. The van der Waals surface area contributed by atoms with Crippen molar-refractivity contribution in [3.63, 3.8) is 0 Å². The molecule has 2 N–H and O–H groups in total. The quantitative estimate of drug-likeness (QED) is 0.345. The number of methoxy groups -OCH3 is 2. The summed E-state index contributed by atoms with van der Waals surface area (Å²) in [5.74, 6) is -2.34. The largest absolute Gasteiger partial charge is 0.508 e. The van der Waals surface area contributed by atoms with Crippen molar-refractivity contribution in [3.05, 3.63) is 89.2 Å². The molecule has 1 amide bonds. The third-order valence-electron chi connectivity index (χ3n) is 5.42. The second-order valence-corrected chi connectivity index (χ2v) is 7.30. The number of Topliss-reactive ketones (excluding diaryl/α,β-unsaturated/α-hetero) is 1. The average molecular weight is 449 g/mol. The number of hydrogen-bond acceptors (Lipinski definition) is 6. The minimum absolute atomic E-state index is 0.00745. The molecule has 1 aliphatic heterocycles. The Hall–Kier alpha value is -4.33. The molecule has 33 heavy (non-hydrogen) atoms. The first-order valence-corrected chi connectivity index (χ1v) is 9.93.